The molecule has 0 aliphatic carbocycles. The van der Waals surface area contributed by atoms with Crippen LogP contribution >= 0.6 is 11.3 Å². The molecule has 7 nitrogen and oxygen atoms in total. The van der Waals surface area contributed by atoms with Gasteiger partial charge in [0.1, 0.15) is 5.82 Å². The van der Waals surface area contributed by atoms with Crippen LogP contribution in [-0.4, -0.2) is 67.3 Å². The van der Waals surface area contributed by atoms with E-state index in [1.807, 2.05) is 6.92 Å². The molecule has 5 rings (SSSR count). The maximum Gasteiger partial charge on any atom is 0.253 e. The highest BCUT2D eigenvalue weighted by Crippen LogP contribution is 2.30. The Morgan fingerprint density at radius 1 is 1.06 bits per heavy atom. The van der Waals surface area contributed by atoms with Crippen molar-refractivity contribution in [2.24, 2.45) is 0 Å². The second-order valence-corrected chi connectivity index (χ2v) is 12.0. The highest BCUT2D eigenvalue weighted by molar-refractivity contribution is 7.89. The van der Waals surface area contributed by atoms with Crippen molar-refractivity contribution in [1.82, 2.24) is 14.2 Å². The van der Waals surface area contributed by atoms with Crippen LogP contribution in [0, 0.1) is 5.82 Å². The smallest absolute Gasteiger partial charge is 0.253 e. The molecule has 10 heteroatoms. The second kappa shape index (κ2) is 9.83. The van der Waals surface area contributed by atoms with E-state index >= 15 is 0 Å². The molecule has 0 bridgehead atoms. The molecule has 2 saturated heterocycles. The molecule has 1 atom stereocenters. The van der Waals surface area contributed by atoms with Gasteiger partial charge in [0, 0.05) is 44.3 Å². The number of benzene rings is 2. The Hall–Kier alpha value is -2.56. The third-order valence-electron chi connectivity index (χ3n) is 6.93. The molecular formula is C25H29FN4O3S2. The highest BCUT2D eigenvalue weighted by Gasteiger charge is 2.32. The van der Waals surface area contributed by atoms with Crippen molar-refractivity contribution in [3.63, 3.8) is 0 Å². The second-order valence-electron chi connectivity index (χ2n) is 9.09. The van der Waals surface area contributed by atoms with E-state index in [4.69, 9.17) is 0 Å². The summed E-state index contributed by atoms with van der Waals surface area (Å²) in [6.45, 7) is 4.91. The zero-order valence-electron chi connectivity index (χ0n) is 19.7. The fourth-order valence-corrected chi connectivity index (χ4v) is 7.72. The molecule has 1 aromatic heterocycles. The molecule has 3 aromatic rings. The van der Waals surface area contributed by atoms with Crippen LogP contribution in [0.2, 0.25) is 0 Å². The van der Waals surface area contributed by atoms with Gasteiger partial charge < -0.3 is 9.80 Å². The minimum atomic E-state index is -3.57. The predicted octanol–water partition coefficient (Wildman–Crippen LogP) is 4.35. The van der Waals surface area contributed by atoms with Crippen molar-refractivity contribution in [2.45, 2.75) is 43.5 Å². The summed E-state index contributed by atoms with van der Waals surface area (Å²) in [5.74, 6) is -0.382. The number of fused-ring (bicyclic) bond motifs is 1. The Balaban J connectivity index is 1.24. The SMILES string of the molecule is CCC1CCCCN1S(=O)(=O)c1ccc(C(=O)N2CCN(c3nc4ccc(F)cc4s3)CC2)cc1. The Kier molecular flexibility index (Phi) is 6.78. The van der Waals surface area contributed by atoms with E-state index in [-0.39, 0.29) is 22.7 Å². The van der Waals surface area contributed by atoms with E-state index in [1.54, 1.807) is 39.5 Å². The predicted molar refractivity (Wildman–Crippen MR) is 136 cm³/mol. The summed E-state index contributed by atoms with van der Waals surface area (Å²) in [4.78, 5) is 21.8. The van der Waals surface area contributed by atoms with Gasteiger partial charge in [0.2, 0.25) is 10.0 Å². The van der Waals surface area contributed by atoms with E-state index in [1.165, 1.54) is 23.5 Å². The molecule has 1 unspecified atom stereocenters. The molecule has 1 amide bonds. The number of piperazine rings is 1. The summed E-state index contributed by atoms with van der Waals surface area (Å²) in [7, 11) is -3.57. The lowest BCUT2D eigenvalue weighted by atomic mass is 10.0. The third kappa shape index (κ3) is 4.79. The number of thiazole rings is 1. The first-order valence-corrected chi connectivity index (χ1v) is 14.3. The molecule has 0 saturated carbocycles. The van der Waals surface area contributed by atoms with E-state index < -0.39 is 10.0 Å². The fourth-order valence-electron chi connectivity index (χ4n) is 4.91. The molecule has 2 aromatic carbocycles. The van der Waals surface area contributed by atoms with Crippen molar-refractivity contribution < 1.29 is 17.6 Å². The van der Waals surface area contributed by atoms with Crippen LogP contribution in [0.1, 0.15) is 43.0 Å². The van der Waals surface area contributed by atoms with E-state index in [0.29, 0.717) is 38.3 Å². The highest BCUT2D eigenvalue weighted by atomic mass is 32.2. The summed E-state index contributed by atoms with van der Waals surface area (Å²) in [5.41, 5.74) is 1.26. The molecule has 0 spiro atoms. The van der Waals surface area contributed by atoms with Crippen LogP contribution in [-0.2, 0) is 10.0 Å². The summed E-state index contributed by atoms with van der Waals surface area (Å²) in [6.07, 6.45) is 3.64. The Morgan fingerprint density at radius 2 is 1.80 bits per heavy atom. The molecule has 3 heterocycles. The van der Waals surface area contributed by atoms with Gasteiger partial charge in [-0.05, 0) is 61.7 Å². The minimum absolute atomic E-state index is 0.0424. The maximum atomic E-state index is 13.5. The molecule has 186 valence electrons. The van der Waals surface area contributed by atoms with Gasteiger partial charge in [-0.2, -0.15) is 4.31 Å². The zero-order valence-corrected chi connectivity index (χ0v) is 21.3. The lowest BCUT2D eigenvalue weighted by molar-refractivity contribution is 0.0746. The number of sulfonamides is 1. The first-order chi connectivity index (χ1) is 16.9. The molecule has 2 aliphatic heterocycles. The molecule has 2 fully saturated rings. The van der Waals surface area contributed by atoms with Gasteiger partial charge in [0.05, 0.1) is 15.1 Å². The number of hydrogen-bond donors (Lipinski definition) is 0. The van der Waals surface area contributed by atoms with Gasteiger partial charge in [-0.25, -0.2) is 17.8 Å². The minimum Gasteiger partial charge on any atom is -0.345 e. The third-order valence-corrected chi connectivity index (χ3v) is 9.97. The quantitative estimate of drug-likeness (QED) is 0.504. The van der Waals surface area contributed by atoms with E-state index in [2.05, 4.69) is 9.88 Å². The van der Waals surface area contributed by atoms with Gasteiger partial charge in [-0.1, -0.05) is 24.7 Å². The Morgan fingerprint density at radius 3 is 2.51 bits per heavy atom. The molecular weight excluding hydrogens is 487 g/mol. The molecule has 35 heavy (non-hydrogen) atoms. The number of rotatable bonds is 5. The van der Waals surface area contributed by atoms with Gasteiger partial charge >= 0.3 is 0 Å². The van der Waals surface area contributed by atoms with Gasteiger partial charge in [-0.3, -0.25) is 4.79 Å². The average Bonchev–Trinajstić information content (AvgIpc) is 3.31. The van der Waals surface area contributed by atoms with Crippen molar-refractivity contribution in [2.75, 3.05) is 37.6 Å². The van der Waals surface area contributed by atoms with Crippen LogP contribution in [0.15, 0.2) is 47.4 Å². The maximum absolute atomic E-state index is 13.5. The Bertz CT molecular complexity index is 1320. The number of hydrogen-bond acceptors (Lipinski definition) is 6. The van der Waals surface area contributed by atoms with Crippen LogP contribution in [0.4, 0.5) is 9.52 Å². The van der Waals surface area contributed by atoms with Crippen LogP contribution in [0.25, 0.3) is 10.2 Å². The number of anilines is 1. The fraction of sp³-hybridized carbons (Fsp3) is 0.440. The summed E-state index contributed by atoms with van der Waals surface area (Å²) in [6, 6.07) is 11.0. The van der Waals surface area contributed by atoms with Gasteiger partial charge in [-0.15, -0.1) is 0 Å². The lowest BCUT2D eigenvalue weighted by Crippen LogP contribution is -2.48. The number of piperidine rings is 1. The average molecular weight is 517 g/mol. The van der Waals surface area contributed by atoms with Crippen LogP contribution in [0.3, 0.4) is 0 Å². The molecule has 2 aliphatic rings. The van der Waals surface area contributed by atoms with Gasteiger partial charge in [0.15, 0.2) is 5.13 Å². The molecule has 0 radical (unpaired) electrons. The largest absolute Gasteiger partial charge is 0.345 e. The van der Waals surface area contributed by atoms with Gasteiger partial charge in [0.25, 0.3) is 5.91 Å². The number of amides is 1. The monoisotopic (exact) mass is 516 g/mol. The topological polar surface area (TPSA) is 73.8 Å². The zero-order chi connectivity index (χ0) is 24.6. The standard InChI is InChI=1S/C25H29FN4O3S2/c1-2-20-5-3-4-12-30(20)35(32,33)21-9-6-18(7-10-21)24(31)28-13-15-29(16-14-28)25-27-22-11-8-19(26)17-23(22)34-25/h6-11,17,20H,2-5,12-16H2,1H3. The normalized spacial score (nSPS) is 19.9. The number of nitrogens with zero attached hydrogens (tertiary/aromatic N) is 4. The lowest BCUT2D eigenvalue weighted by Gasteiger charge is -2.35. The van der Waals surface area contributed by atoms with Crippen molar-refractivity contribution in [3.05, 3.63) is 53.8 Å². The number of carbonyl (C=O) groups is 1. The van der Waals surface area contributed by atoms with Crippen molar-refractivity contribution in [1.29, 1.82) is 0 Å². The molecule has 0 N–H and O–H groups in total. The summed E-state index contributed by atoms with van der Waals surface area (Å²) < 4.78 is 42.3. The Labute approximate surface area is 209 Å². The number of aromatic nitrogens is 1. The number of halogens is 1. The summed E-state index contributed by atoms with van der Waals surface area (Å²) >= 11 is 1.45. The first kappa shape index (κ1) is 24.1. The van der Waals surface area contributed by atoms with E-state index in [9.17, 15) is 17.6 Å². The van der Waals surface area contributed by atoms with Crippen molar-refractivity contribution in [3.8, 4) is 0 Å². The summed E-state index contributed by atoms with van der Waals surface area (Å²) in [5, 5.41) is 0.829. The van der Waals surface area contributed by atoms with E-state index in [0.717, 1.165) is 41.0 Å². The van der Waals surface area contributed by atoms with Crippen LogP contribution < -0.4 is 4.90 Å². The van der Waals surface area contributed by atoms with Crippen molar-refractivity contribution >= 4 is 42.6 Å². The first-order valence-electron chi connectivity index (χ1n) is 12.1. The number of carbonyl (C=O) groups excluding carboxylic acids is 1. The van der Waals surface area contributed by atoms with Crippen LogP contribution in [0.5, 0.6) is 0 Å².